The maximum Gasteiger partial charge on any atom is 0.141 e. The van der Waals surface area contributed by atoms with Crippen molar-refractivity contribution < 1.29 is 9.13 Å². The number of pyridine rings is 1. The van der Waals surface area contributed by atoms with Crippen LogP contribution in [0.25, 0.3) is 0 Å². The lowest BCUT2D eigenvalue weighted by Crippen LogP contribution is -2.27. The maximum atomic E-state index is 13.4. The van der Waals surface area contributed by atoms with Crippen molar-refractivity contribution in [3.8, 4) is 0 Å². The van der Waals surface area contributed by atoms with E-state index in [0.29, 0.717) is 19.2 Å². The van der Waals surface area contributed by atoms with Crippen LogP contribution in [0.2, 0.25) is 0 Å². The van der Waals surface area contributed by atoms with Crippen LogP contribution in [-0.4, -0.2) is 37.3 Å². The molecular formula is C15H24FN3O. The number of likely N-dealkylation sites (N-methyl/N-ethyl adjacent to an activating group) is 1. The molecule has 0 saturated heterocycles. The molecule has 1 aromatic heterocycles. The van der Waals surface area contributed by atoms with E-state index in [4.69, 9.17) is 4.74 Å². The molecule has 5 heteroatoms. The lowest BCUT2D eigenvalue weighted by atomic mass is 10.2. The molecule has 20 heavy (non-hydrogen) atoms. The van der Waals surface area contributed by atoms with E-state index in [1.165, 1.54) is 19.0 Å². The molecule has 0 aromatic carbocycles. The molecule has 0 amide bonds. The van der Waals surface area contributed by atoms with Crippen LogP contribution >= 0.6 is 0 Å². The second-order valence-electron chi connectivity index (χ2n) is 5.63. The minimum Gasteiger partial charge on any atom is -0.377 e. The fraction of sp³-hybridized carbons (Fsp3) is 0.667. The Morgan fingerprint density at radius 1 is 1.50 bits per heavy atom. The summed E-state index contributed by atoms with van der Waals surface area (Å²) in [4.78, 5) is 6.25. The molecule has 0 aliphatic heterocycles. The van der Waals surface area contributed by atoms with Gasteiger partial charge in [0.15, 0.2) is 0 Å². The number of ether oxygens (including phenoxy) is 1. The van der Waals surface area contributed by atoms with Gasteiger partial charge in [0.1, 0.15) is 11.6 Å². The van der Waals surface area contributed by atoms with E-state index in [1.54, 1.807) is 6.07 Å². The third kappa shape index (κ3) is 4.72. The van der Waals surface area contributed by atoms with Gasteiger partial charge in [0.25, 0.3) is 0 Å². The first-order chi connectivity index (χ1) is 9.56. The summed E-state index contributed by atoms with van der Waals surface area (Å²) in [6.07, 6.45) is 3.93. The topological polar surface area (TPSA) is 37.4 Å². The Hall–Kier alpha value is -1.20. The molecular weight excluding hydrogens is 257 g/mol. The van der Waals surface area contributed by atoms with Crippen LogP contribution in [0.3, 0.4) is 0 Å². The highest BCUT2D eigenvalue weighted by Crippen LogP contribution is 2.22. The van der Waals surface area contributed by atoms with Crippen molar-refractivity contribution in [2.24, 2.45) is 0 Å². The molecule has 2 rings (SSSR count). The van der Waals surface area contributed by atoms with Crippen LogP contribution in [0.5, 0.6) is 0 Å². The quantitative estimate of drug-likeness (QED) is 0.793. The van der Waals surface area contributed by atoms with E-state index < -0.39 is 0 Å². The highest BCUT2D eigenvalue weighted by atomic mass is 19.1. The first-order valence-electron chi connectivity index (χ1n) is 7.27. The summed E-state index contributed by atoms with van der Waals surface area (Å²) >= 11 is 0. The highest BCUT2D eigenvalue weighted by molar-refractivity contribution is 5.46. The van der Waals surface area contributed by atoms with Crippen LogP contribution in [0.1, 0.15) is 32.3 Å². The van der Waals surface area contributed by atoms with Crippen LogP contribution in [0, 0.1) is 5.82 Å². The Bertz CT molecular complexity index is 435. The Morgan fingerprint density at radius 3 is 2.90 bits per heavy atom. The van der Waals surface area contributed by atoms with Crippen molar-refractivity contribution in [1.29, 1.82) is 0 Å². The van der Waals surface area contributed by atoms with Crippen LogP contribution in [0.15, 0.2) is 12.3 Å². The summed E-state index contributed by atoms with van der Waals surface area (Å²) in [6.45, 7) is 6.08. The third-order valence-corrected chi connectivity index (χ3v) is 3.31. The molecule has 1 aromatic rings. The Balaban J connectivity index is 1.96. The largest absolute Gasteiger partial charge is 0.377 e. The monoisotopic (exact) mass is 281 g/mol. The van der Waals surface area contributed by atoms with Gasteiger partial charge in [-0.25, -0.2) is 9.37 Å². The molecule has 1 aliphatic rings. The van der Waals surface area contributed by atoms with Gasteiger partial charge in [-0.05, 0) is 32.8 Å². The van der Waals surface area contributed by atoms with E-state index in [1.807, 2.05) is 25.8 Å². The molecule has 0 unspecified atom stereocenters. The van der Waals surface area contributed by atoms with Crippen molar-refractivity contribution in [1.82, 2.24) is 10.3 Å². The number of hydrogen-bond acceptors (Lipinski definition) is 4. The van der Waals surface area contributed by atoms with Crippen LogP contribution in [0.4, 0.5) is 10.2 Å². The van der Waals surface area contributed by atoms with Crippen LogP contribution < -0.4 is 10.2 Å². The Morgan fingerprint density at radius 2 is 2.25 bits per heavy atom. The lowest BCUT2D eigenvalue weighted by Gasteiger charge is -2.22. The fourth-order valence-electron chi connectivity index (χ4n) is 2.02. The van der Waals surface area contributed by atoms with Gasteiger partial charge in [0.05, 0.1) is 18.9 Å². The first kappa shape index (κ1) is 15.2. The minimum atomic E-state index is -0.284. The van der Waals surface area contributed by atoms with E-state index in [9.17, 15) is 4.39 Å². The Kier molecular flexibility index (Phi) is 5.31. The average Bonchev–Trinajstić information content (AvgIpc) is 3.19. The molecule has 1 N–H and O–H groups in total. The molecule has 0 radical (unpaired) electrons. The fourth-order valence-corrected chi connectivity index (χ4v) is 2.02. The molecule has 112 valence electrons. The zero-order valence-electron chi connectivity index (χ0n) is 12.5. The second kappa shape index (κ2) is 6.99. The summed E-state index contributed by atoms with van der Waals surface area (Å²) < 4.78 is 18.9. The van der Waals surface area contributed by atoms with Crippen LogP contribution in [-0.2, 0) is 11.3 Å². The smallest absolute Gasteiger partial charge is 0.141 e. The van der Waals surface area contributed by atoms with E-state index in [0.717, 1.165) is 17.9 Å². The van der Waals surface area contributed by atoms with Crippen molar-refractivity contribution in [2.45, 2.75) is 45.4 Å². The number of nitrogens with one attached hydrogen (secondary N) is 1. The second-order valence-corrected chi connectivity index (χ2v) is 5.63. The molecule has 0 atom stereocenters. The van der Waals surface area contributed by atoms with Gasteiger partial charge in [0, 0.05) is 31.7 Å². The van der Waals surface area contributed by atoms with E-state index >= 15 is 0 Å². The van der Waals surface area contributed by atoms with Gasteiger partial charge in [0.2, 0.25) is 0 Å². The van der Waals surface area contributed by atoms with Crippen molar-refractivity contribution in [3.63, 3.8) is 0 Å². The SMILES string of the molecule is CC(C)OCCN(C)c1ncc(F)cc1CNC1CC1. The van der Waals surface area contributed by atoms with Gasteiger partial charge in [-0.3, -0.25) is 0 Å². The van der Waals surface area contributed by atoms with Gasteiger partial charge >= 0.3 is 0 Å². The number of aromatic nitrogens is 1. The average molecular weight is 281 g/mol. The number of nitrogens with zero attached hydrogens (tertiary/aromatic N) is 2. The van der Waals surface area contributed by atoms with Gasteiger partial charge in [-0.15, -0.1) is 0 Å². The standard InChI is InChI=1S/C15H24FN3O/c1-11(2)20-7-6-19(3)15-12(8-13(16)10-18-15)9-17-14-4-5-14/h8,10-11,14,17H,4-7,9H2,1-3H3. The molecule has 1 fully saturated rings. The predicted octanol–water partition coefficient (Wildman–Crippen LogP) is 2.33. The summed E-state index contributed by atoms with van der Waals surface area (Å²) in [6, 6.07) is 2.16. The minimum absolute atomic E-state index is 0.223. The van der Waals surface area contributed by atoms with E-state index in [2.05, 4.69) is 10.3 Å². The van der Waals surface area contributed by atoms with Gasteiger partial charge < -0.3 is 15.0 Å². The van der Waals surface area contributed by atoms with Gasteiger partial charge in [-0.2, -0.15) is 0 Å². The zero-order chi connectivity index (χ0) is 14.5. The number of hydrogen-bond donors (Lipinski definition) is 1. The summed E-state index contributed by atoms with van der Waals surface area (Å²) in [5.41, 5.74) is 0.906. The maximum absolute atomic E-state index is 13.4. The zero-order valence-corrected chi connectivity index (χ0v) is 12.5. The van der Waals surface area contributed by atoms with E-state index in [-0.39, 0.29) is 11.9 Å². The summed E-state index contributed by atoms with van der Waals surface area (Å²) in [5, 5.41) is 3.41. The summed E-state index contributed by atoms with van der Waals surface area (Å²) in [5.74, 6) is 0.542. The third-order valence-electron chi connectivity index (χ3n) is 3.31. The summed E-state index contributed by atoms with van der Waals surface area (Å²) in [7, 11) is 1.96. The highest BCUT2D eigenvalue weighted by Gasteiger charge is 2.21. The normalized spacial score (nSPS) is 14.8. The molecule has 0 spiro atoms. The number of anilines is 1. The lowest BCUT2D eigenvalue weighted by molar-refractivity contribution is 0.0845. The van der Waals surface area contributed by atoms with Crippen molar-refractivity contribution in [3.05, 3.63) is 23.6 Å². The number of halogens is 1. The molecule has 4 nitrogen and oxygen atoms in total. The number of rotatable bonds is 8. The molecule has 1 aliphatic carbocycles. The van der Waals surface area contributed by atoms with Crippen molar-refractivity contribution in [2.75, 3.05) is 25.1 Å². The first-order valence-corrected chi connectivity index (χ1v) is 7.27. The molecule has 0 bridgehead atoms. The molecule has 1 heterocycles. The van der Waals surface area contributed by atoms with Gasteiger partial charge in [-0.1, -0.05) is 0 Å². The Labute approximate surface area is 120 Å². The molecule has 1 saturated carbocycles. The predicted molar refractivity (Wildman–Crippen MR) is 78.4 cm³/mol. The van der Waals surface area contributed by atoms with Crippen molar-refractivity contribution >= 4 is 5.82 Å².